The highest BCUT2D eigenvalue weighted by atomic mass is 35.5. The normalized spacial score (nSPS) is 19.2. The van der Waals surface area contributed by atoms with Crippen molar-refractivity contribution in [3.05, 3.63) is 161 Å². The van der Waals surface area contributed by atoms with E-state index in [0.717, 1.165) is 47.9 Å². The van der Waals surface area contributed by atoms with Crippen molar-refractivity contribution in [3.63, 3.8) is 0 Å². The Labute approximate surface area is 323 Å². The zero-order valence-corrected chi connectivity index (χ0v) is 30.5. The molecule has 10 rings (SSSR count). The summed E-state index contributed by atoms with van der Waals surface area (Å²) in [4.78, 5) is 27.9. The maximum Gasteiger partial charge on any atom is 0.308 e. The van der Waals surface area contributed by atoms with E-state index in [1.54, 1.807) is 18.3 Å². The molecule has 270 valence electrons. The van der Waals surface area contributed by atoms with Gasteiger partial charge in [0.1, 0.15) is 17.1 Å². The quantitative estimate of drug-likeness (QED) is 0.140. The molecule has 0 radical (unpaired) electrons. The van der Waals surface area contributed by atoms with E-state index in [0.29, 0.717) is 44.6 Å². The van der Waals surface area contributed by atoms with E-state index in [1.165, 1.54) is 0 Å². The van der Waals surface area contributed by atoms with E-state index in [1.807, 2.05) is 83.5 Å². The molecule has 0 amide bonds. The highest BCUT2D eigenvalue weighted by Crippen LogP contribution is 2.47. The summed E-state index contributed by atoms with van der Waals surface area (Å²) < 4.78 is 1.96. The average molecular weight is 742 g/mol. The fourth-order valence-corrected chi connectivity index (χ4v) is 9.11. The van der Waals surface area contributed by atoms with Crippen molar-refractivity contribution in [3.8, 4) is 28.8 Å². The minimum Gasteiger partial charge on any atom is -0.481 e. The maximum atomic E-state index is 12.7. The average Bonchev–Trinajstić information content (AvgIpc) is 3.61. The van der Waals surface area contributed by atoms with Gasteiger partial charge in [-0.15, -0.1) is 0 Å². The van der Waals surface area contributed by atoms with Crippen LogP contribution in [0.2, 0.25) is 5.02 Å². The summed E-state index contributed by atoms with van der Waals surface area (Å²) in [6, 6.07) is 43.6. The Kier molecular flexibility index (Phi) is 8.83. The van der Waals surface area contributed by atoms with Gasteiger partial charge in [0.15, 0.2) is 11.5 Å². The van der Waals surface area contributed by atoms with Gasteiger partial charge in [0.05, 0.1) is 33.7 Å². The number of nitriles is 1. The first kappa shape index (κ1) is 34.4. The molecular formula is C45H36ClN7O2. The predicted molar refractivity (Wildman–Crippen MR) is 212 cm³/mol. The second kappa shape index (κ2) is 14.1. The summed E-state index contributed by atoms with van der Waals surface area (Å²) in [6.07, 6.45) is 5.43. The van der Waals surface area contributed by atoms with E-state index < -0.39 is 17.4 Å². The number of nitrogens with one attached hydrogen (secondary N) is 1. The van der Waals surface area contributed by atoms with E-state index in [2.05, 4.69) is 47.8 Å². The number of fused-ring (bicyclic) bond motifs is 4. The molecule has 55 heavy (non-hydrogen) atoms. The van der Waals surface area contributed by atoms with Crippen molar-refractivity contribution in [1.29, 1.82) is 5.26 Å². The van der Waals surface area contributed by atoms with Gasteiger partial charge in [0.2, 0.25) is 0 Å². The summed E-state index contributed by atoms with van der Waals surface area (Å²) in [5, 5.41) is 30.0. The van der Waals surface area contributed by atoms with Crippen LogP contribution in [0.25, 0.3) is 33.8 Å². The number of benzene rings is 4. The number of nitrogens with zero attached hydrogens (tertiary/aromatic N) is 6. The second-order valence-electron chi connectivity index (χ2n) is 14.5. The van der Waals surface area contributed by atoms with Crippen molar-refractivity contribution in [2.75, 3.05) is 5.32 Å². The predicted octanol–water partition coefficient (Wildman–Crippen LogP) is 9.22. The van der Waals surface area contributed by atoms with Gasteiger partial charge in [-0.1, -0.05) is 115 Å². The van der Waals surface area contributed by atoms with Crippen LogP contribution in [0.5, 0.6) is 0 Å². The first-order valence-electron chi connectivity index (χ1n) is 18.5. The topological polar surface area (TPSA) is 130 Å². The Balaban J connectivity index is 1.30. The first-order valence-corrected chi connectivity index (χ1v) is 18.9. The molecule has 0 saturated heterocycles. The third-order valence-corrected chi connectivity index (χ3v) is 11.7. The van der Waals surface area contributed by atoms with Crippen molar-refractivity contribution in [2.45, 2.75) is 37.3 Å². The van der Waals surface area contributed by atoms with Gasteiger partial charge in [-0.2, -0.15) is 10.4 Å². The summed E-state index contributed by atoms with van der Waals surface area (Å²) in [7, 11) is 0. The maximum absolute atomic E-state index is 12.7. The molecule has 9 nitrogen and oxygen atoms in total. The fraction of sp³-hybridized carbons (Fsp3) is 0.200. The summed E-state index contributed by atoms with van der Waals surface area (Å²) in [5.41, 5.74) is 4.89. The number of carbonyl (C=O) groups is 1. The molecule has 4 aromatic carbocycles. The number of carboxylic acid groups (broad SMARTS) is 1. The van der Waals surface area contributed by atoms with Gasteiger partial charge in [0, 0.05) is 23.9 Å². The second-order valence-corrected chi connectivity index (χ2v) is 14.9. The van der Waals surface area contributed by atoms with Crippen molar-refractivity contribution in [1.82, 2.24) is 24.7 Å². The molecule has 0 spiro atoms. The van der Waals surface area contributed by atoms with Gasteiger partial charge in [-0.3, -0.25) is 4.79 Å². The number of halogens is 1. The van der Waals surface area contributed by atoms with E-state index in [9.17, 15) is 15.2 Å². The molecule has 3 aliphatic carbocycles. The molecule has 2 bridgehead atoms. The molecule has 7 aromatic rings. The number of anilines is 1. The Morgan fingerprint density at radius 1 is 0.800 bits per heavy atom. The molecule has 2 unspecified atom stereocenters. The molecule has 0 aliphatic heterocycles. The summed E-state index contributed by atoms with van der Waals surface area (Å²) >= 11 is 6.72. The fourth-order valence-electron chi connectivity index (χ4n) is 8.95. The molecule has 3 fully saturated rings. The third-order valence-electron chi connectivity index (χ3n) is 11.4. The molecule has 2 atom stereocenters. The van der Waals surface area contributed by atoms with Crippen LogP contribution >= 0.6 is 11.6 Å². The molecule has 3 saturated carbocycles. The Bertz CT molecular complexity index is 2450. The lowest BCUT2D eigenvalue weighted by Gasteiger charge is -2.47. The molecule has 3 aromatic heterocycles. The Morgan fingerprint density at radius 2 is 1.38 bits per heavy atom. The Hall–Kier alpha value is -6.37. The van der Waals surface area contributed by atoms with Crippen LogP contribution in [-0.4, -0.2) is 41.9 Å². The highest BCUT2D eigenvalue weighted by molar-refractivity contribution is 6.31. The monoisotopic (exact) mass is 741 g/mol. The zero-order valence-electron chi connectivity index (χ0n) is 29.8. The lowest BCUT2D eigenvalue weighted by molar-refractivity contribution is -0.148. The Morgan fingerprint density at radius 3 is 1.95 bits per heavy atom. The van der Waals surface area contributed by atoms with E-state index in [4.69, 9.17) is 31.7 Å². The zero-order chi connectivity index (χ0) is 37.5. The van der Waals surface area contributed by atoms with Gasteiger partial charge in [-0.25, -0.2) is 19.6 Å². The molecular weight excluding hydrogens is 706 g/mol. The smallest absolute Gasteiger partial charge is 0.308 e. The minimum absolute atomic E-state index is 0.120. The first-order chi connectivity index (χ1) is 26.9. The molecule has 10 heteroatoms. The van der Waals surface area contributed by atoms with Crippen molar-refractivity contribution < 1.29 is 9.90 Å². The number of rotatable bonds is 9. The molecule has 3 heterocycles. The SMILES string of the molecule is N#Cc1ccc(-c2cc(NC3C4CCC(CC4)C3C(=O)O)nc(-c3nn(C(c4ccccc4)(c4ccccc4)c4ccccc4)c4ncc(Cl)cc34)n2)cc1. The van der Waals surface area contributed by atoms with Crippen LogP contribution < -0.4 is 5.32 Å². The van der Waals surface area contributed by atoms with Crippen molar-refractivity contribution >= 4 is 34.4 Å². The van der Waals surface area contributed by atoms with Gasteiger partial charge >= 0.3 is 5.97 Å². The van der Waals surface area contributed by atoms with Crippen molar-refractivity contribution in [2.24, 2.45) is 17.8 Å². The highest BCUT2D eigenvalue weighted by Gasteiger charge is 2.47. The van der Waals surface area contributed by atoms with Crippen LogP contribution in [0, 0.1) is 29.1 Å². The molecule has 2 N–H and O–H groups in total. The molecule has 3 aliphatic rings. The van der Waals surface area contributed by atoms with Gasteiger partial charge in [0.25, 0.3) is 0 Å². The number of pyridine rings is 1. The minimum atomic E-state index is -0.983. The van der Waals surface area contributed by atoms with Crippen LogP contribution in [0.4, 0.5) is 5.82 Å². The van der Waals surface area contributed by atoms with Crippen LogP contribution in [-0.2, 0) is 10.3 Å². The number of hydrogen-bond acceptors (Lipinski definition) is 7. The number of aliphatic carboxylic acids is 1. The lowest BCUT2D eigenvalue weighted by atomic mass is 9.61. The lowest BCUT2D eigenvalue weighted by Crippen LogP contribution is -2.51. The van der Waals surface area contributed by atoms with E-state index >= 15 is 0 Å². The summed E-state index contributed by atoms with van der Waals surface area (Å²) in [6.45, 7) is 0. The summed E-state index contributed by atoms with van der Waals surface area (Å²) in [5.74, 6) is -0.128. The number of aromatic nitrogens is 5. The van der Waals surface area contributed by atoms with Crippen LogP contribution in [0.15, 0.2) is 134 Å². The van der Waals surface area contributed by atoms with E-state index in [-0.39, 0.29) is 17.9 Å². The standard InChI is InChI=1S/C45H36ClN7O2/c46-35-24-36-41(52-53(43(36)48-27-35)45(32-10-4-1-5-11-32,33-12-6-2-7-13-33)34-14-8-3-9-15-34)42-49-37(29-18-16-28(26-47)17-19-29)25-38(51-42)50-40-31-22-20-30(21-23-31)39(40)44(54)55/h1-19,24-25,27,30-31,39-40H,20-23H2,(H,54,55)(H,49,50,51). The largest absolute Gasteiger partial charge is 0.481 e. The van der Waals surface area contributed by atoms with Crippen LogP contribution in [0.1, 0.15) is 47.9 Å². The third kappa shape index (κ3) is 5.99. The van der Waals surface area contributed by atoms with Gasteiger partial charge < -0.3 is 10.4 Å². The number of carboxylic acids is 1. The van der Waals surface area contributed by atoms with Crippen LogP contribution in [0.3, 0.4) is 0 Å². The number of hydrogen-bond donors (Lipinski definition) is 2. The van der Waals surface area contributed by atoms with Gasteiger partial charge in [-0.05, 0) is 72.4 Å².